The Balaban J connectivity index is 2.17. The van der Waals surface area contributed by atoms with Gasteiger partial charge >= 0.3 is 0 Å². The monoisotopic (exact) mass is 186 g/mol. The number of terminal acetylenes is 1. The third-order valence-corrected chi connectivity index (χ3v) is 2.66. The molecule has 1 aromatic rings. The third-order valence-electron chi connectivity index (χ3n) is 2.66. The van der Waals surface area contributed by atoms with E-state index in [9.17, 15) is 5.11 Å². The number of rotatable bonds is 3. The largest absolute Gasteiger partial charge is 0.387 e. The van der Waals surface area contributed by atoms with Crippen molar-refractivity contribution < 1.29 is 5.11 Å². The number of aliphatic hydroxyl groups excluding tert-OH is 1. The van der Waals surface area contributed by atoms with Gasteiger partial charge in [-0.2, -0.15) is 0 Å². The summed E-state index contributed by atoms with van der Waals surface area (Å²) in [7, 11) is 0. The van der Waals surface area contributed by atoms with Crippen molar-refractivity contribution in [3.8, 4) is 12.3 Å². The molecule has 0 heterocycles. The highest BCUT2D eigenvalue weighted by Crippen LogP contribution is 2.40. The summed E-state index contributed by atoms with van der Waals surface area (Å²) in [5.41, 5.74) is 2.30. The SMILES string of the molecule is C#CCC(O)c1cccc(C2CC2)c1. The molecule has 1 nitrogen and oxygen atoms in total. The van der Waals surface area contributed by atoms with Gasteiger partial charge in [-0.05, 0) is 29.9 Å². The van der Waals surface area contributed by atoms with Crippen molar-refractivity contribution in [1.82, 2.24) is 0 Å². The average molecular weight is 186 g/mol. The molecule has 1 N–H and O–H groups in total. The Morgan fingerprint density at radius 3 is 2.93 bits per heavy atom. The van der Waals surface area contributed by atoms with E-state index < -0.39 is 6.10 Å². The first-order chi connectivity index (χ1) is 6.81. The van der Waals surface area contributed by atoms with Crippen LogP contribution in [0.15, 0.2) is 24.3 Å². The van der Waals surface area contributed by atoms with Gasteiger partial charge in [0, 0.05) is 6.42 Å². The molecule has 2 rings (SSSR count). The minimum atomic E-state index is -0.501. The van der Waals surface area contributed by atoms with Crippen LogP contribution in [0.5, 0.6) is 0 Å². The van der Waals surface area contributed by atoms with E-state index in [2.05, 4.69) is 18.1 Å². The fraction of sp³-hybridized carbons (Fsp3) is 0.385. The summed E-state index contributed by atoms with van der Waals surface area (Å²) in [5, 5.41) is 9.70. The zero-order valence-corrected chi connectivity index (χ0v) is 8.11. The van der Waals surface area contributed by atoms with Gasteiger partial charge in [0.1, 0.15) is 0 Å². The Kier molecular flexibility index (Phi) is 2.56. The normalized spacial score (nSPS) is 17.4. The molecule has 1 aliphatic rings. The van der Waals surface area contributed by atoms with E-state index in [1.54, 1.807) is 0 Å². The first-order valence-corrected chi connectivity index (χ1v) is 5.02. The second-order valence-corrected chi connectivity index (χ2v) is 3.87. The van der Waals surface area contributed by atoms with E-state index in [0.29, 0.717) is 6.42 Å². The van der Waals surface area contributed by atoms with Crippen LogP contribution in [0.1, 0.15) is 42.4 Å². The molecule has 1 unspecified atom stereocenters. The smallest absolute Gasteiger partial charge is 0.0899 e. The van der Waals surface area contributed by atoms with E-state index in [1.807, 2.05) is 12.1 Å². The maximum atomic E-state index is 9.70. The summed E-state index contributed by atoms with van der Waals surface area (Å²) in [6.07, 6.45) is 7.64. The summed E-state index contributed by atoms with van der Waals surface area (Å²) in [5.74, 6) is 3.21. The van der Waals surface area contributed by atoms with Crippen LogP contribution >= 0.6 is 0 Å². The molecule has 0 saturated heterocycles. The number of hydrogen-bond acceptors (Lipinski definition) is 1. The fourth-order valence-electron chi connectivity index (χ4n) is 1.67. The van der Waals surface area contributed by atoms with Gasteiger partial charge in [-0.25, -0.2) is 0 Å². The van der Waals surface area contributed by atoms with Crippen LogP contribution in [-0.2, 0) is 0 Å². The second-order valence-electron chi connectivity index (χ2n) is 3.87. The van der Waals surface area contributed by atoms with Crippen LogP contribution in [0.4, 0.5) is 0 Å². The topological polar surface area (TPSA) is 20.2 Å². The molecule has 1 saturated carbocycles. The Morgan fingerprint density at radius 1 is 1.50 bits per heavy atom. The minimum absolute atomic E-state index is 0.397. The van der Waals surface area contributed by atoms with Gasteiger partial charge in [0.2, 0.25) is 0 Å². The van der Waals surface area contributed by atoms with Crippen molar-refractivity contribution in [3.05, 3.63) is 35.4 Å². The van der Waals surface area contributed by atoms with Crippen molar-refractivity contribution in [1.29, 1.82) is 0 Å². The molecule has 1 atom stereocenters. The lowest BCUT2D eigenvalue weighted by Gasteiger charge is -2.08. The Labute approximate surface area is 84.8 Å². The van der Waals surface area contributed by atoms with Gasteiger partial charge in [0.25, 0.3) is 0 Å². The second kappa shape index (κ2) is 3.86. The van der Waals surface area contributed by atoms with E-state index in [-0.39, 0.29) is 0 Å². The van der Waals surface area contributed by atoms with Crippen molar-refractivity contribution in [2.45, 2.75) is 31.3 Å². The van der Waals surface area contributed by atoms with Crippen LogP contribution < -0.4 is 0 Å². The predicted octanol–water partition coefficient (Wildman–Crippen LogP) is 2.62. The molecular formula is C13H14O. The highest BCUT2D eigenvalue weighted by Gasteiger charge is 2.23. The number of hydrogen-bond donors (Lipinski definition) is 1. The van der Waals surface area contributed by atoms with E-state index in [0.717, 1.165) is 11.5 Å². The van der Waals surface area contributed by atoms with Crippen LogP contribution in [-0.4, -0.2) is 5.11 Å². The highest BCUT2D eigenvalue weighted by molar-refractivity contribution is 5.30. The molecule has 1 fully saturated rings. The van der Waals surface area contributed by atoms with Crippen molar-refractivity contribution in [3.63, 3.8) is 0 Å². The Bertz CT molecular complexity index is 358. The summed E-state index contributed by atoms with van der Waals surface area (Å²) in [6, 6.07) is 8.15. The molecule has 1 heteroatoms. The van der Waals surface area contributed by atoms with Gasteiger partial charge in [-0.1, -0.05) is 24.3 Å². The average Bonchev–Trinajstić information content (AvgIpc) is 3.02. The van der Waals surface area contributed by atoms with Crippen molar-refractivity contribution >= 4 is 0 Å². The number of aliphatic hydroxyl groups is 1. The van der Waals surface area contributed by atoms with E-state index in [4.69, 9.17) is 6.42 Å². The lowest BCUT2D eigenvalue weighted by Crippen LogP contribution is -1.96. The first kappa shape index (κ1) is 9.30. The van der Waals surface area contributed by atoms with Gasteiger partial charge in [-0.3, -0.25) is 0 Å². The first-order valence-electron chi connectivity index (χ1n) is 5.02. The van der Waals surface area contributed by atoms with Crippen LogP contribution in [0, 0.1) is 12.3 Å². The van der Waals surface area contributed by atoms with Crippen molar-refractivity contribution in [2.75, 3.05) is 0 Å². The molecule has 0 spiro atoms. The molecule has 1 aliphatic carbocycles. The molecular weight excluding hydrogens is 172 g/mol. The summed E-state index contributed by atoms with van der Waals surface area (Å²) in [6.45, 7) is 0. The van der Waals surface area contributed by atoms with Gasteiger partial charge in [0.05, 0.1) is 6.10 Å². The fourth-order valence-corrected chi connectivity index (χ4v) is 1.67. The molecule has 0 amide bonds. The lowest BCUT2D eigenvalue weighted by molar-refractivity contribution is 0.184. The molecule has 14 heavy (non-hydrogen) atoms. The highest BCUT2D eigenvalue weighted by atomic mass is 16.3. The third kappa shape index (κ3) is 1.97. The lowest BCUT2D eigenvalue weighted by atomic mass is 10.0. The predicted molar refractivity (Wildman–Crippen MR) is 56.8 cm³/mol. The zero-order chi connectivity index (χ0) is 9.97. The quantitative estimate of drug-likeness (QED) is 0.719. The Hall–Kier alpha value is -1.26. The standard InChI is InChI=1S/C13H14O/c1-2-4-13(14)12-6-3-5-11(9-12)10-7-8-10/h1,3,5-6,9-10,13-14H,4,7-8H2. The summed E-state index contributed by atoms with van der Waals surface area (Å²) < 4.78 is 0. The van der Waals surface area contributed by atoms with E-state index >= 15 is 0 Å². The van der Waals surface area contributed by atoms with Gasteiger partial charge in [-0.15, -0.1) is 12.3 Å². The zero-order valence-electron chi connectivity index (χ0n) is 8.11. The molecule has 0 aliphatic heterocycles. The van der Waals surface area contributed by atoms with Crippen LogP contribution in [0.2, 0.25) is 0 Å². The molecule has 1 aromatic carbocycles. The summed E-state index contributed by atoms with van der Waals surface area (Å²) >= 11 is 0. The van der Waals surface area contributed by atoms with Crippen LogP contribution in [0.3, 0.4) is 0 Å². The molecule has 0 bridgehead atoms. The molecule has 0 aromatic heterocycles. The number of benzene rings is 1. The minimum Gasteiger partial charge on any atom is -0.387 e. The van der Waals surface area contributed by atoms with Crippen LogP contribution in [0.25, 0.3) is 0 Å². The maximum Gasteiger partial charge on any atom is 0.0899 e. The Morgan fingerprint density at radius 2 is 2.29 bits per heavy atom. The molecule has 0 radical (unpaired) electrons. The van der Waals surface area contributed by atoms with E-state index in [1.165, 1.54) is 18.4 Å². The summed E-state index contributed by atoms with van der Waals surface area (Å²) in [4.78, 5) is 0. The van der Waals surface area contributed by atoms with Gasteiger partial charge in [0.15, 0.2) is 0 Å². The van der Waals surface area contributed by atoms with Crippen molar-refractivity contribution in [2.24, 2.45) is 0 Å². The molecule has 72 valence electrons. The maximum absolute atomic E-state index is 9.70. The van der Waals surface area contributed by atoms with Gasteiger partial charge < -0.3 is 5.11 Å².